The highest BCUT2D eigenvalue weighted by Gasteiger charge is 2.71. The molecular formula is C13H23N. The molecule has 80 valence electrons. The van der Waals surface area contributed by atoms with Crippen molar-refractivity contribution in [3.05, 3.63) is 0 Å². The minimum atomic E-state index is 0.515. The standard InChI is InChI=1S/C13H23N/c1-8(2)14-11-7-10-12(4,5)9(3)13(10,11)6/h9-11H,7H2,1-6H3/t9-,10-,11?,13-/m1/s1. The first-order valence-electron chi connectivity index (χ1n) is 5.82. The van der Waals surface area contributed by atoms with Crippen molar-refractivity contribution in [2.75, 3.05) is 0 Å². The minimum Gasteiger partial charge on any atom is -0.291 e. The SMILES string of the molecule is CC(C)=NC1C[C@@H]2C(C)(C)[C@@H](C)[C@@]12C. The van der Waals surface area contributed by atoms with Crippen molar-refractivity contribution in [2.45, 2.75) is 54.0 Å². The van der Waals surface area contributed by atoms with Crippen LogP contribution in [0.15, 0.2) is 4.99 Å². The van der Waals surface area contributed by atoms with Gasteiger partial charge in [0.1, 0.15) is 0 Å². The molecular weight excluding hydrogens is 170 g/mol. The van der Waals surface area contributed by atoms with Crippen molar-refractivity contribution in [1.82, 2.24) is 0 Å². The van der Waals surface area contributed by atoms with Crippen molar-refractivity contribution >= 4 is 5.71 Å². The molecule has 0 saturated heterocycles. The van der Waals surface area contributed by atoms with Crippen LogP contribution in [-0.2, 0) is 0 Å². The second-order valence-corrected chi connectivity index (χ2v) is 6.29. The first-order valence-corrected chi connectivity index (χ1v) is 5.82. The van der Waals surface area contributed by atoms with E-state index in [-0.39, 0.29) is 0 Å². The third kappa shape index (κ3) is 0.936. The summed E-state index contributed by atoms with van der Waals surface area (Å²) in [5.41, 5.74) is 2.31. The number of rotatable bonds is 1. The Morgan fingerprint density at radius 1 is 1.21 bits per heavy atom. The molecule has 0 aromatic rings. The van der Waals surface area contributed by atoms with E-state index in [0.717, 1.165) is 11.8 Å². The first kappa shape index (κ1) is 10.2. The quantitative estimate of drug-likeness (QED) is 0.565. The van der Waals surface area contributed by atoms with E-state index in [4.69, 9.17) is 4.99 Å². The van der Waals surface area contributed by atoms with Gasteiger partial charge in [-0.25, -0.2) is 0 Å². The minimum absolute atomic E-state index is 0.515. The highest BCUT2D eigenvalue weighted by molar-refractivity contribution is 5.79. The Balaban J connectivity index is 2.17. The fourth-order valence-electron chi connectivity index (χ4n) is 4.01. The third-order valence-corrected chi connectivity index (χ3v) is 5.29. The lowest BCUT2D eigenvalue weighted by Crippen LogP contribution is -2.72. The molecule has 1 nitrogen and oxygen atoms in total. The predicted molar refractivity (Wildman–Crippen MR) is 61.7 cm³/mol. The molecule has 0 aromatic heterocycles. The van der Waals surface area contributed by atoms with E-state index in [0.29, 0.717) is 16.9 Å². The molecule has 2 aliphatic carbocycles. The van der Waals surface area contributed by atoms with Crippen LogP contribution in [0.4, 0.5) is 0 Å². The molecule has 0 amide bonds. The summed E-state index contributed by atoms with van der Waals surface area (Å²) in [5, 5.41) is 0. The van der Waals surface area contributed by atoms with Crippen LogP contribution in [0, 0.1) is 22.7 Å². The number of hydrogen-bond acceptors (Lipinski definition) is 1. The Kier molecular flexibility index (Phi) is 1.91. The summed E-state index contributed by atoms with van der Waals surface area (Å²) >= 11 is 0. The van der Waals surface area contributed by atoms with Gasteiger partial charge in [0.15, 0.2) is 0 Å². The lowest BCUT2D eigenvalue weighted by molar-refractivity contribution is -0.245. The van der Waals surface area contributed by atoms with Crippen LogP contribution in [0.3, 0.4) is 0 Å². The van der Waals surface area contributed by atoms with Gasteiger partial charge in [0.05, 0.1) is 6.04 Å². The zero-order chi connectivity index (χ0) is 10.7. The van der Waals surface area contributed by atoms with Crippen LogP contribution in [0.25, 0.3) is 0 Å². The molecule has 0 aliphatic heterocycles. The molecule has 0 N–H and O–H groups in total. The fourth-order valence-corrected chi connectivity index (χ4v) is 4.01. The Morgan fingerprint density at radius 2 is 1.79 bits per heavy atom. The van der Waals surface area contributed by atoms with Gasteiger partial charge in [-0.15, -0.1) is 0 Å². The molecule has 1 heteroatoms. The van der Waals surface area contributed by atoms with E-state index in [2.05, 4.69) is 41.5 Å². The van der Waals surface area contributed by atoms with Crippen LogP contribution in [-0.4, -0.2) is 11.8 Å². The van der Waals surface area contributed by atoms with Gasteiger partial charge in [-0.2, -0.15) is 0 Å². The molecule has 0 heterocycles. The predicted octanol–water partition coefficient (Wildman–Crippen LogP) is 3.54. The van der Waals surface area contributed by atoms with Gasteiger partial charge >= 0.3 is 0 Å². The van der Waals surface area contributed by atoms with E-state index in [1.165, 1.54) is 12.1 Å². The topological polar surface area (TPSA) is 12.4 Å². The number of aliphatic imine (C=N–C) groups is 1. The lowest BCUT2D eigenvalue weighted by Gasteiger charge is -2.74. The molecule has 2 fully saturated rings. The van der Waals surface area contributed by atoms with E-state index < -0.39 is 0 Å². The summed E-state index contributed by atoms with van der Waals surface area (Å²) in [6, 6.07) is 0.612. The van der Waals surface area contributed by atoms with Gasteiger partial charge in [-0.1, -0.05) is 27.7 Å². The van der Waals surface area contributed by atoms with Crippen LogP contribution in [0.2, 0.25) is 0 Å². The average Bonchev–Trinajstić information content (AvgIpc) is 2.08. The smallest absolute Gasteiger partial charge is 0.0560 e. The van der Waals surface area contributed by atoms with Crippen LogP contribution in [0.1, 0.15) is 48.0 Å². The van der Waals surface area contributed by atoms with Gasteiger partial charge < -0.3 is 0 Å². The van der Waals surface area contributed by atoms with Crippen molar-refractivity contribution < 1.29 is 0 Å². The summed E-state index contributed by atoms with van der Waals surface area (Å²) < 4.78 is 0. The number of nitrogens with zero attached hydrogens (tertiary/aromatic N) is 1. The zero-order valence-electron chi connectivity index (χ0n) is 10.4. The zero-order valence-corrected chi connectivity index (χ0v) is 10.4. The third-order valence-electron chi connectivity index (χ3n) is 5.29. The first-order chi connectivity index (χ1) is 6.31. The van der Waals surface area contributed by atoms with Gasteiger partial charge in [-0.3, -0.25) is 4.99 Å². The molecule has 0 radical (unpaired) electrons. The van der Waals surface area contributed by atoms with Gasteiger partial charge in [0, 0.05) is 5.71 Å². The maximum atomic E-state index is 4.77. The Labute approximate surface area is 88.0 Å². The summed E-state index contributed by atoms with van der Waals surface area (Å²) in [4.78, 5) is 4.77. The molecule has 1 unspecified atom stereocenters. The molecule has 0 bridgehead atoms. The Morgan fingerprint density at radius 3 is 2.21 bits per heavy atom. The fraction of sp³-hybridized carbons (Fsp3) is 0.923. The van der Waals surface area contributed by atoms with E-state index in [1.54, 1.807) is 0 Å². The van der Waals surface area contributed by atoms with Crippen molar-refractivity contribution in [3.63, 3.8) is 0 Å². The maximum absolute atomic E-state index is 4.77. The molecule has 2 rings (SSSR count). The van der Waals surface area contributed by atoms with E-state index >= 15 is 0 Å². The van der Waals surface area contributed by atoms with Gasteiger partial charge in [-0.05, 0) is 42.9 Å². The summed E-state index contributed by atoms with van der Waals surface area (Å²) in [7, 11) is 0. The largest absolute Gasteiger partial charge is 0.291 e. The van der Waals surface area contributed by atoms with E-state index in [9.17, 15) is 0 Å². The Bertz CT molecular complexity index is 276. The molecule has 4 atom stereocenters. The molecule has 2 aliphatic rings. The molecule has 0 aromatic carbocycles. The highest BCUT2D eigenvalue weighted by atomic mass is 14.9. The lowest BCUT2D eigenvalue weighted by atomic mass is 9.31. The monoisotopic (exact) mass is 193 g/mol. The molecule has 0 spiro atoms. The summed E-state index contributed by atoms with van der Waals surface area (Å²) in [5.74, 6) is 1.74. The second kappa shape index (κ2) is 2.62. The second-order valence-electron chi connectivity index (χ2n) is 6.29. The van der Waals surface area contributed by atoms with Crippen LogP contribution < -0.4 is 0 Å². The average molecular weight is 193 g/mol. The summed E-state index contributed by atoms with van der Waals surface area (Å²) in [6.07, 6.45) is 1.32. The van der Waals surface area contributed by atoms with E-state index in [1.807, 2.05) is 0 Å². The normalized spacial score (nSPS) is 48.6. The van der Waals surface area contributed by atoms with Gasteiger partial charge in [0.25, 0.3) is 0 Å². The Hall–Kier alpha value is -0.330. The highest BCUT2D eigenvalue weighted by Crippen LogP contribution is 2.73. The van der Waals surface area contributed by atoms with Crippen LogP contribution in [0.5, 0.6) is 0 Å². The number of fused-ring (bicyclic) bond motifs is 1. The molecule has 2 saturated carbocycles. The summed E-state index contributed by atoms with van der Waals surface area (Å²) in [6.45, 7) is 13.9. The maximum Gasteiger partial charge on any atom is 0.0560 e. The van der Waals surface area contributed by atoms with Crippen molar-refractivity contribution in [3.8, 4) is 0 Å². The number of hydrogen-bond donors (Lipinski definition) is 0. The molecule has 14 heavy (non-hydrogen) atoms. The van der Waals surface area contributed by atoms with Crippen molar-refractivity contribution in [2.24, 2.45) is 27.7 Å². The van der Waals surface area contributed by atoms with Gasteiger partial charge in [0.2, 0.25) is 0 Å². The van der Waals surface area contributed by atoms with Crippen LogP contribution >= 0.6 is 0 Å². The van der Waals surface area contributed by atoms with Crippen molar-refractivity contribution in [1.29, 1.82) is 0 Å².